The summed E-state index contributed by atoms with van der Waals surface area (Å²) in [6, 6.07) is 38.4. The molecule has 0 aliphatic heterocycles. The summed E-state index contributed by atoms with van der Waals surface area (Å²) in [4.78, 5) is 48.2. The third kappa shape index (κ3) is 5.26. The molecule has 0 saturated heterocycles. The van der Waals surface area contributed by atoms with E-state index in [-0.39, 0.29) is 22.3 Å². The molecule has 8 aromatic rings. The fourth-order valence-corrected chi connectivity index (χ4v) is 7.23. The molecule has 0 aliphatic rings. The zero-order chi connectivity index (χ0) is 36.3. The zero-order valence-corrected chi connectivity index (χ0v) is 27.1. The topological polar surface area (TPSA) is 149 Å². The lowest BCUT2D eigenvalue weighted by atomic mass is 9.81. The minimum atomic E-state index is -1.07. The predicted octanol–water partition coefficient (Wildman–Crippen LogP) is 10.0. The van der Waals surface area contributed by atoms with Gasteiger partial charge in [-0.05, 0) is 137 Å². The van der Waals surface area contributed by atoms with Crippen LogP contribution in [0.25, 0.3) is 76.8 Å². The molecule has 0 fully saturated rings. The van der Waals surface area contributed by atoms with Crippen molar-refractivity contribution in [3.05, 3.63) is 156 Å². The van der Waals surface area contributed by atoms with Crippen LogP contribution >= 0.6 is 0 Å². The van der Waals surface area contributed by atoms with Crippen molar-refractivity contribution in [2.24, 2.45) is 0 Å². The second-order valence-corrected chi connectivity index (χ2v) is 12.6. The molecule has 0 bridgehead atoms. The Hall–Kier alpha value is -7.32. The van der Waals surface area contributed by atoms with Crippen molar-refractivity contribution in [1.82, 2.24) is 0 Å². The van der Waals surface area contributed by atoms with Crippen LogP contribution in [0.3, 0.4) is 0 Å². The van der Waals surface area contributed by atoms with E-state index >= 15 is 0 Å². The first-order valence-corrected chi connectivity index (χ1v) is 16.2. The highest BCUT2D eigenvalue weighted by molar-refractivity contribution is 6.32. The van der Waals surface area contributed by atoms with Crippen molar-refractivity contribution >= 4 is 56.2 Å². The molecule has 0 radical (unpaired) electrons. The first kappa shape index (κ1) is 31.9. The molecule has 8 rings (SSSR count). The van der Waals surface area contributed by atoms with Gasteiger partial charge in [0.05, 0.1) is 22.3 Å². The lowest BCUT2D eigenvalue weighted by Gasteiger charge is -2.22. The van der Waals surface area contributed by atoms with Crippen LogP contribution < -0.4 is 0 Å². The van der Waals surface area contributed by atoms with Crippen LogP contribution in [0.2, 0.25) is 0 Å². The van der Waals surface area contributed by atoms with E-state index in [2.05, 4.69) is 0 Å². The summed E-state index contributed by atoms with van der Waals surface area (Å²) in [7, 11) is 0. The lowest BCUT2D eigenvalue weighted by Crippen LogP contribution is -1.99. The van der Waals surface area contributed by atoms with Gasteiger partial charge >= 0.3 is 23.9 Å². The lowest BCUT2D eigenvalue weighted by molar-refractivity contribution is 0.0686. The van der Waals surface area contributed by atoms with E-state index in [9.17, 15) is 39.6 Å². The van der Waals surface area contributed by atoms with Crippen LogP contribution in [0.15, 0.2) is 133 Å². The van der Waals surface area contributed by atoms with Gasteiger partial charge in [-0.15, -0.1) is 0 Å². The Kier molecular flexibility index (Phi) is 7.50. The predicted molar refractivity (Wildman–Crippen MR) is 200 cm³/mol. The third-order valence-corrected chi connectivity index (χ3v) is 9.58. The minimum absolute atomic E-state index is 0.110. The zero-order valence-electron chi connectivity index (χ0n) is 27.1. The maximum atomic E-state index is 12.1. The second-order valence-electron chi connectivity index (χ2n) is 12.6. The van der Waals surface area contributed by atoms with Crippen LogP contribution in [-0.2, 0) is 0 Å². The molecule has 4 N–H and O–H groups in total. The largest absolute Gasteiger partial charge is 0.478 e. The minimum Gasteiger partial charge on any atom is -0.478 e. The summed E-state index contributed by atoms with van der Waals surface area (Å²) < 4.78 is 0. The Morgan fingerprint density at radius 1 is 0.308 bits per heavy atom. The molecule has 0 aromatic heterocycles. The molecule has 0 atom stereocenters. The maximum absolute atomic E-state index is 12.1. The summed E-state index contributed by atoms with van der Waals surface area (Å²) in [5, 5.41) is 44.4. The molecule has 0 aliphatic carbocycles. The number of aromatic carboxylic acids is 4. The first-order valence-electron chi connectivity index (χ1n) is 16.2. The standard InChI is InChI=1S/C44H26O8/c45-41(46)27-9-1-5-23(17-27)35-21-36(24-6-2-10-28(18-24)42(47)48)32-15-16-34-38(26-8-4-12-30(20-26)44(51)52)22-37(25-7-3-11-29(19-25)43(49)50)33-14-13-31(35)39(32)40(33)34/h1-22H,(H,45,46)(H,47,48)(H,49,50)(H,51,52). The van der Waals surface area contributed by atoms with Gasteiger partial charge in [-0.3, -0.25) is 0 Å². The van der Waals surface area contributed by atoms with Gasteiger partial charge in [-0.2, -0.15) is 0 Å². The Bertz CT molecular complexity index is 2440. The Morgan fingerprint density at radius 2 is 0.538 bits per heavy atom. The van der Waals surface area contributed by atoms with E-state index < -0.39 is 23.9 Å². The average molecular weight is 683 g/mol. The van der Waals surface area contributed by atoms with Crippen molar-refractivity contribution in [3.63, 3.8) is 0 Å². The van der Waals surface area contributed by atoms with Crippen molar-refractivity contribution in [2.75, 3.05) is 0 Å². The van der Waals surface area contributed by atoms with E-state index in [4.69, 9.17) is 0 Å². The van der Waals surface area contributed by atoms with Gasteiger partial charge in [0.25, 0.3) is 0 Å². The normalized spacial score (nSPS) is 11.3. The number of benzene rings is 8. The molecule has 8 heteroatoms. The quantitative estimate of drug-likeness (QED) is 0.116. The smallest absolute Gasteiger partial charge is 0.335 e. The van der Waals surface area contributed by atoms with Gasteiger partial charge < -0.3 is 20.4 Å². The van der Waals surface area contributed by atoms with Gasteiger partial charge in [0.1, 0.15) is 0 Å². The monoisotopic (exact) mass is 682 g/mol. The molecule has 250 valence electrons. The highest BCUT2D eigenvalue weighted by Gasteiger charge is 2.22. The van der Waals surface area contributed by atoms with Crippen LogP contribution in [0.4, 0.5) is 0 Å². The number of rotatable bonds is 8. The number of hydrogen-bond donors (Lipinski definition) is 4. The summed E-state index contributed by atoms with van der Waals surface area (Å²) >= 11 is 0. The molecule has 0 spiro atoms. The molecule has 0 heterocycles. The highest BCUT2D eigenvalue weighted by Crippen LogP contribution is 2.48. The van der Waals surface area contributed by atoms with Gasteiger partial charge in [-0.25, -0.2) is 19.2 Å². The van der Waals surface area contributed by atoms with E-state index in [1.807, 2.05) is 60.7 Å². The van der Waals surface area contributed by atoms with Crippen molar-refractivity contribution in [1.29, 1.82) is 0 Å². The summed E-state index contributed by atoms with van der Waals surface area (Å²) in [6.45, 7) is 0. The van der Waals surface area contributed by atoms with Gasteiger partial charge in [0, 0.05) is 0 Å². The molecule has 52 heavy (non-hydrogen) atoms. The third-order valence-electron chi connectivity index (χ3n) is 9.58. The molecule has 8 nitrogen and oxygen atoms in total. The molecular formula is C44H26O8. The average Bonchev–Trinajstić information content (AvgIpc) is 3.16. The summed E-state index contributed by atoms with van der Waals surface area (Å²) in [5.41, 5.74) is 5.96. The fraction of sp³-hybridized carbons (Fsp3) is 0. The number of carboxylic acids is 4. The van der Waals surface area contributed by atoms with E-state index in [0.717, 1.165) is 54.6 Å². The van der Waals surface area contributed by atoms with E-state index in [0.29, 0.717) is 22.3 Å². The second kappa shape index (κ2) is 12.2. The Balaban J connectivity index is 1.57. The van der Waals surface area contributed by atoms with Crippen LogP contribution in [0.5, 0.6) is 0 Å². The van der Waals surface area contributed by atoms with Crippen molar-refractivity contribution < 1.29 is 39.6 Å². The molecule has 0 amide bonds. The number of carbonyl (C=O) groups is 4. The van der Waals surface area contributed by atoms with Gasteiger partial charge in [0.2, 0.25) is 0 Å². The van der Waals surface area contributed by atoms with Crippen molar-refractivity contribution in [2.45, 2.75) is 0 Å². The fourth-order valence-electron chi connectivity index (χ4n) is 7.23. The summed E-state index contributed by atoms with van der Waals surface area (Å²) in [6.07, 6.45) is 0. The summed E-state index contributed by atoms with van der Waals surface area (Å²) in [5.74, 6) is -4.29. The van der Waals surface area contributed by atoms with Gasteiger partial charge in [-0.1, -0.05) is 72.8 Å². The maximum Gasteiger partial charge on any atom is 0.335 e. The molecule has 0 unspecified atom stereocenters. The SMILES string of the molecule is O=C(O)c1cccc(-c2cc(-c3cccc(C(=O)O)c3)c3ccc4c(-c5cccc(C(=O)O)c5)cc(-c5cccc(C(=O)O)c5)c5ccc2c3c54)c1. The van der Waals surface area contributed by atoms with Crippen molar-refractivity contribution in [3.8, 4) is 44.5 Å². The van der Waals surface area contributed by atoms with Crippen LogP contribution in [-0.4, -0.2) is 44.3 Å². The number of carboxylic acid groups (broad SMARTS) is 4. The van der Waals surface area contributed by atoms with Crippen LogP contribution in [0, 0.1) is 0 Å². The molecule has 0 saturated carbocycles. The molecule has 8 aromatic carbocycles. The van der Waals surface area contributed by atoms with Gasteiger partial charge in [0.15, 0.2) is 0 Å². The number of hydrogen-bond acceptors (Lipinski definition) is 4. The van der Waals surface area contributed by atoms with E-state index in [1.165, 1.54) is 24.3 Å². The Morgan fingerprint density at radius 3 is 0.750 bits per heavy atom. The highest BCUT2D eigenvalue weighted by atomic mass is 16.4. The van der Waals surface area contributed by atoms with Crippen LogP contribution in [0.1, 0.15) is 41.4 Å². The first-order chi connectivity index (χ1) is 25.1. The molecular weight excluding hydrogens is 656 g/mol. The van der Waals surface area contributed by atoms with E-state index in [1.54, 1.807) is 48.5 Å². The Labute approximate surface area is 295 Å².